The summed E-state index contributed by atoms with van der Waals surface area (Å²) >= 11 is 0. The second-order valence-electron chi connectivity index (χ2n) is 12.8. The molecule has 5 heteroatoms. The average molecular weight is 831 g/mol. The Balaban J connectivity index is 0.000000295. The van der Waals surface area contributed by atoms with Crippen LogP contribution < -0.4 is 5.19 Å². The summed E-state index contributed by atoms with van der Waals surface area (Å²) in [6, 6.07) is 35.1. The van der Waals surface area contributed by atoms with Crippen molar-refractivity contribution in [3.8, 4) is 33.6 Å². The van der Waals surface area contributed by atoms with Gasteiger partial charge in [0.2, 0.25) is 0 Å². The normalized spacial score (nSPS) is 14.6. The molecule has 0 aliphatic heterocycles. The minimum atomic E-state index is -2.53. The minimum absolute atomic E-state index is 0. The molecule has 7 rings (SSSR count). The zero-order chi connectivity index (χ0) is 39.9. The molecule has 7 aromatic rings. The molecule has 0 amide bonds. The van der Waals surface area contributed by atoms with Gasteiger partial charge in [-0.2, -0.15) is 0 Å². The van der Waals surface area contributed by atoms with Gasteiger partial charge in [0.1, 0.15) is 5.58 Å². The van der Waals surface area contributed by atoms with E-state index in [0.29, 0.717) is 44.3 Å². The van der Waals surface area contributed by atoms with E-state index in [-0.39, 0.29) is 42.7 Å². The summed E-state index contributed by atoms with van der Waals surface area (Å²) in [5.41, 5.74) is 5.32. The SMILES string of the molecule is C[Si](C)(C)c1ccc(-c2[c-]cccc2)nc1.[2H]C([2H])([2H])c1ccc(-c2ccc3c(oc4c(-c5cc(C([2H])([2H])C(C)C)ccn5)[c-]ccc43)c2C([2H])([2H])[2H])cc1.[Ir]. The van der Waals surface area contributed by atoms with E-state index in [2.05, 4.69) is 53.9 Å². The van der Waals surface area contributed by atoms with Gasteiger partial charge in [-0.15, -0.1) is 54.1 Å². The van der Waals surface area contributed by atoms with Gasteiger partial charge in [0.05, 0.1) is 13.7 Å². The van der Waals surface area contributed by atoms with E-state index in [0.717, 1.165) is 11.3 Å². The topological polar surface area (TPSA) is 38.9 Å². The summed E-state index contributed by atoms with van der Waals surface area (Å²) in [6.45, 7) is 5.84. The fourth-order valence-corrected chi connectivity index (χ4v) is 6.46. The van der Waals surface area contributed by atoms with Crippen molar-refractivity contribution in [1.82, 2.24) is 9.97 Å². The third kappa shape index (κ3) is 7.76. The van der Waals surface area contributed by atoms with Gasteiger partial charge in [-0.05, 0) is 65.3 Å². The quantitative estimate of drug-likeness (QED) is 0.124. The number of pyridine rings is 2. The Kier molecular flexibility index (Phi) is 8.04. The average Bonchev–Trinajstić information content (AvgIpc) is 3.53. The van der Waals surface area contributed by atoms with E-state index in [4.69, 9.17) is 15.4 Å². The summed E-state index contributed by atoms with van der Waals surface area (Å²) in [6.07, 6.45) is 2.00. The molecule has 1 radical (unpaired) electrons. The van der Waals surface area contributed by atoms with E-state index >= 15 is 0 Å². The monoisotopic (exact) mass is 831 g/mol. The first kappa shape index (κ1) is 25.8. The van der Waals surface area contributed by atoms with Crippen LogP contribution in [0.15, 0.2) is 114 Å². The molecular weight excluding hydrogens is 781 g/mol. The van der Waals surface area contributed by atoms with Crippen LogP contribution in [-0.2, 0) is 26.5 Å². The van der Waals surface area contributed by atoms with E-state index in [9.17, 15) is 0 Å². The number of furan rings is 1. The Morgan fingerprint density at radius 3 is 2.29 bits per heavy atom. The summed E-state index contributed by atoms with van der Waals surface area (Å²) in [5.74, 6) is -0.257. The zero-order valence-electron chi connectivity index (χ0n) is 35.6. The van der Waals surface area contributed by atoms with Crippen LogP contribution >= 0.6 is 0 Å². The number of hydrogen-bond donors (Lipinski definition) is 0. The minimum Gasteiger partial charge on any atom is -0.500 e. The van der Waals surface area contributed by atoms with E-state index < -0.39 is 28.2 Å². The van der Waals surface area contributed by atoms with Gasteiger partial charge in [0.15, 0.2) is 0 Å². The van der Waals surface area contributed by atoms with Crippen LogP contribution in [0.25, 0.3) is 55.6 Å². The predicted octanol–water partition coefficient (Wildman–Crippen LogP) is 11.0. The van der Waals surface area contributed by atoms with Gasteiger partial charge in [0, 0.05) is 48.9 Å². The molecule has 0 aliphatic carbocycles. The number of hydrogen-bond acceptors (Lipinski definition) is 3. The number of benzene rings is 4. The Bertz CT molecular complexity index is 2440. The first-order valence-corrected chi connectivity index (χ1v) is 19.2. The van der Waals surface area contributed by atoms with Crippen molar-refractivity contribution < 1.29 is 35.5 Å². The maximum absolute atomic E-state index is 8.49. The number of aromatic nitrogens is 2. The molecule has 0 fully saturated rings. The van der Waals surface area contributed by atoms with Crippen LogP contribution in [0.1, 0.15) is 41.5 Å². The van der Waals surface area contributed by atoms with Crippen LogP contribution in [-0.4, -0.2) is 18.0 Å². The maximum Gasteiger partial charge on any atom is 0.124 e. The van der Waals surface area contributed by atoms with Crippen molar-refractivity contribution >= 4 is 35.2 Å². The third-order valence-electron chi connectivity index (χ3n) is 7.88. The van der Waals surface area contributed by atoms with Crippen LogP contribution in [0, 0.1) is 31.8 Å². The standard InChI is InChI=1S/C29H26NO.C14H16NSi.Ir/c1-18(2)16-21-14-15-30-27(17-21)26-7-5-6-24-25-13-12-23(20(4)28(25)31-29(24)26)22-10-8-19(3)9-11-22;1-16(2,3)13-9-10-14(15-11-13)12-7-5-4-6-8-12;/h5-6,8-15,17-18H,16H2,1-4H3;4-7,9-11H,1-3H3;/q2*-1;/i3D3,4D3,16D2;;. The molecule has 0 saturated carbocycles. The van der Waals surface area contributed by atoms with Gasteiger partial charge in [-0.25, -0.2) is 0 Å². The van der Waals surface area contributed by atoms with Crippen molar-refractivity contribution in [3.05, 3.63) is 138 Å². The van der Waals surface area contributed by atoms with Crippen molar-refractivity contribution in [2.24, 2.45) is 5.92 Å². The Hall–Kier alpha value is -4.15. The summed E-state index contributed by atoms with van der Waals surface area (Å²) in [4.78, 5) is 8.97. The molecule has 0 aliphatic rings. The fraction of sp³-hybridized carbons (Fsp3) is 0.209. The van der Waals surface area contributed by atoms with Gasteiger partial charge in [0.25, 0.3) is 0 Å². The van der Waals surface area contributed by atoms with E-state index in [1.165, 1.54) is 17.3 Å². The second-order valence-corrected chi connectivity index (χ2v) is 17.9. The first-order chi connectivity index (χ1) is 25.8. The van der Waals surface area contributed by atoms with Crippen LogP contribution in [0.3, 0.4) is 0 Å². The van der Waals surface area contributed by atoms with Crippen molar-refractivity contribution in [1.29, 1.82) is 0 Å². The smallest absolute Gasteiger partial charge is 0.124 e. The van der Waals surface area contributed by atoms with Gasteiger partial charge in [-0.3, -0.25) is 0 Å². The Morgan fingerprint density at radius 2 is 1.62 bits per heavy atom. The summed E-state index contributed by atoms with van der Waals surface area (Å²) in [7, 11) is -1.23. The van der Waals surface area contributed by atoms with Crippen LogP contribution in [0.5, 0.6) is 0 Å². The third-order valence-corrected chi connectivity index (χ3v) is 9.91. The number of nitrogens with zero attached hydrogens (tertiary/aromatic N) is 2. The van der Waals surface area contributed by atoms with Crippen LogP contribution in [0.2, 0.25) is 19.6 Å². The molecule has 0 N–H and O–H groups in total. The molecule has 0 saturated heterocycles. The molecule has 4 aromatic carbocycles. The number of aryl methyl sites for hydroxylation is 2. The van der Waals surface area contributed by atoms with Crippen LogP contribution in [0.4, 0.5) is 0 Å². The molecule has 245 valence electrons. The summed E-state index contributed by atoms with van der Waals surface area (Å²) < 4.78 is 71.1. The molecule has 48 heavy (non-hydrogen) atoms. The van der Waals surface area contributed by atoms with Gasteiger partial charge in [-0.1, -0.05) is 110 Å². The van der Waals surface area contributed by atoms with E-state index in [1.54, 1.807) is 54.7 Å². The Labute approximate surface area is 311 Å². The number of fused-ring (bicyclic) bond motifs is 3. The van der Waals surface area contributed by atoms with Crippen molar-refractivity contribution in [2.45, 2.75) is 53.6 Å². The Morgan fingerprint density at radius 1 is 0.812 bits per heavy atom. The van der Waals surface area contributed by atoms with Gasteiger partial charge < -0.3 is 14.4 Å². The molecule has 0 atom stereocenters. The molecular formula is C43H42IrN2OSi-2. The second kappa shape index (κ2) is 14.9. The predicted molar refractivity (Wildman–Crippen MR) is 201 cm³/mol. The van der Waals surface area contributed by atoms with E-state index in [1.807, 2.05) is 44.3 Å². The zero-order valence-corrected chi connectivity index (χ0v) is 31.0. The first-order valence-electron chi connectivity index (χ1n) is 19.7. The molecule has 0 bridgehead atoms. The molecule has 0 unspecified atom stereocenters. The molecule has 3 aromatic heterocycles. The maximum atomic E-state index is 8.49. The van der Waals surface area contributed by atoms with Crippen molar-refractivity contribution in [3.63, 3.8) is 0 Å². The summed E-state index contributed by atoms with van der Waals surface area (Å²) in [5, 5.41) is 2.70. The molecule has 3 nitrogen and oxygen atoms in total. The van der Waals surface area contributed by atoms with Crippen molar-refractivity contribution in [2.75, 3.05) is 0 Å². The van der Waals surface area contributed by atoms with Gasteiger partial charge >= 0.3 is 0 Å². The molecule has 3 heterocycles. The number of rotatable bonds is 6. The molecule has 0 spiro atoms. The fourth-order valence-electron chi connectivity index (χ4n) is 5.43. The largest absolute Gasteiger partial charge is 0.500 e.